The molecule has 1 atom stereocenters. The lowest BCUT2D eigenvalue weighted by molar-refractivity contribution is 0.0964. The van der Waals surface area contributed by atoms with Crippen LogP contribution in [-0.2, 0) is 0 Å². The highest BCUT2D eigenvalue weighted by Crippen LogP contribution is 2.27. The number of aromatic nitrogens is 3. The number of piperidine rings is 1. The summed E-state index contributed by atoms with van der Waals surface area (Å²) in [5.41, 5.74) is 0.899. The smallest absolute Gasteiger partial charge is 0.153 e. The zero-order chi connectivity index (χ0) is 16.2. The van der Waals surface area contributed by atoms with Crippen molar-refractivity contribution < 1.29 is 9.84 Å². The van der Waals surface area contributed by atoms with Crippen molar-refractivity contribution in [1.82, 2.24) is 20.1 Å². The van der Waals surface area contributed by atoms with Crippen molar-refractivity contribution in [1.29, 1.82) is 0 Å². The molecule has 0 saturated carbocycles. The number of benzene rings is 1. The van der Waals surface area contributed by atoms with E-state index in [4.69, 9.17) is 4.74 Å². The van der Waals surface area contributed by atoms with Crippen LogP contribution in [0.5, 0.6) is 5.75 Å². The van der Waals surface area contributed by atoms with Crippen molar-refractivity contribution in [2.24, 2.45) is 0 Å². The van der Waals surface area contributed by atoms with E-state index in [1.54, 1.807) is 7.11 Å². The maximum absolute atomic E-state index is 10.5. The highest BCUT2D eigenvalue weighted by Gasteiger charge is 2.25. The number of ether oxygens (including phenoxy) is 1. The van der Waals surface area contributed by atoms with Crippen molar-refractivity contribution >= 4 is 0 Å². The lowest BCUT2D eigenvalue weighted by Crippen LogP contribution is -2.36. The first-order valence-corrected chi connectivity index (χ1v) is 8.09. The molecule has 6 nitrogen and oxygen atoms in total. The molecule has 0 spiro atoms. The normalized spacial score (nSPS) is 18.0. The van der Waals surface area contributed by atoms with E-state index in [9.17, 15) is 5.11 Å². The third kappa shape index (κ3) is 3.89. The Morgan fingerprint density at radius 2 is 2.17 bits per heavy atom. The van der Waals surface area contributed by atoms with Gasteiger partial charge in [0.25, 0.3) is 0 Å². The molecule has 0 aliphatic carbocycles. The van der Waals surface area contributed by atoms with E-state index in [0.29, 0.717) is 12.5 Å². The summed E-state index contributed by atoms with van der Waals surface area (Å²) < 4.78 is 5.22. The molecule has 0 amide bonds. The summed E-state index contributed by atoms with van der Waals surface area (Å²) in [5.74, 6) is 3.00. The molecule has 1 saturated heterocycles. The summed E-state index contributed by atoms with van der Waals surface area (Å²) in [7, 11) is 1.64. The van der Waals surface area contributed by atoms with Crippen molar-refractivity contribution in [3.8, 4) is 5.75 Å². The molecule has 3 rings (SSSR count). The second-order valence-corrected chi connectivity index (χ2v) is 6.15. The van der Waals surface area contributed by atoms with Gasteiger partial charge in [0.1, 0.15) is 11.6 Å². The van der Waals surface area contributed by atoms with Crippen LogP contribution in [0.1, 0.15) is 42.1 Å². The number of methoxy groups -OCH3 is 1. The van der Waals surface area contributed by atoms with E-state index in [1.165, 1.54) is 0 Å². The lowest BCUT2D eigenvalue weighted by Gasteiger charge is -2.32. The van der Waals surface area contributed by atoms with Gasteiger partial charge in [0.15, 0.2) is 5.82 Å². The molecule has 1 aliphatic rings. The van der Waals surface area contributed by atoms with Gasteiger partial charge in [-0.2, -0.15) is 5.10 Å². The fourth-order valence-electron chi connectivity index (χ4n) is 3.12. The number of aryl methyl sites for hydroxylation is 1. The monoisotopic (exact) mass is 316 g/mol. The Bertz CT molecular complexity index is 635. The first-order valence-electron chi connectivity index (χ1n) is 8.09. The molecule has 1 aliphatic heterocycles. The molecule has 2 N–H and O–H groups in total. The summed E-state index contributed by atoms with van der Waals surface area (Å²) in [4.78, 5) is 6.74. The number of nitrogens with one attached hydrogen (secondary N) is 1. The van der Waals surface area contributed by atoms with Crippen molar-refractivity contribution in [2.75, 3.05) is 26.7 Å². The molecule has 1 aromatic carbocycles. The molecule has 2 aromatic rings. The Kier molecular flexibility index (Phi) is 4.93. The number of aliphatic hydroxyl groups is 1. The van der Waals surface area contributed by atoms with Gasteiger partial charge in [-0.05, 0) is 50.6 Å². The van der Waals surface area contributed by atoms with E-state index in [1.807, 2.05) is 31.2 Å². The van der Waals surface area contributed by atoms with Gasteiger partial charge in [0, 0.05) is 12.5 Å². The Hall–Kier alpha value is -1.92. The average Bonchev–Trinajstić information content (AvgIpc) is 3.02. The molecule has 1 fully saturated rings. The SMILES string of the molecule is COc1cccc(C(O)CN2CCC(c3n[nH]c(C)n3)CC2)c1. The predicted molar refractivity (Wildman–Crippen MR) is 87.5 cm³/mol. The van der Waals surface area contributed by atoms with E-state index in [-0.39, 0.29) is 0 Å². The molecular formula is C17H24N4O2. The average molecular weight is 316 g/mol. The van der Waals surface area contributed by atoms with Gasteiger partial charge in [0.05, 0.1) is 13.2 Å². The summed E-state index contributed by atoms with van der Waals surface area (Å²) in [6, 6.07) is 7.64. The number of likely N-dealkylation sites (tertiary alicyclic amines) is 1. The standard InChI is InChI=1S/C17H24N4O2/c1-12-18-17(20-19-12)13-6-8-21(9-7-13)11-16(22)14-4-3-5-15(10-14)23-2/h3-5,10,13,16,22H,6-9,11H2,1-2H3,(H,18,19,20). The maximum Gasteiger partial charge on any atom is 0.153 e. The fraction of sp³-hybridized carbons (Fsp3) is 0.529. The Morgan fingerprint density at radius 1 is 1.39 bits per heavy atom. The maximum atomic E-state index is 10.5. The van der Waals surface area contributed by atoms with Gasteiger partial charge in [-0.3, -0.25) is 5.10 Å². The van der Waals surface area contributed by atoms with Crippen LogP contribution < -0.4 is 4.74 Å². The zero-order valence-corrected chi connectivity index (χ0v) is 13.7. The third-order valence-electron chi connectivity index (χ3n) is 4.48. The van der Waals surface area contributed by atoms with Gasteiger partial charge in [-0.1, -0.05) is 12.1 Å². The molecule has 6 heteroatoms. The van der Waals surface area contributed by atoms with Crippen LogP contribution in [0.4, 0.5) is 0 Å². The number of rotatable bonds is 5. The number of aromatic amines is 1. The summed E-state index contributed by atoms with van der Waals surface area (Å²) in [6.07, 6.45) is 1.57. The van der Waals surface area contributed by atoms with Gasteiger partial charge in [-0.25, -0.2) is 4.98 Å². The Balaban J connectivity index is 1.53. The molecule has 1 aromatic heterocycles. The van der Waals surface area contributed by atoms with Crippen LogP contribution >= 0.6 is 0 Å². The number of aliphatic hydroxyl groups excluding tert-OH is 1. The fourth-order valence-corrected chi connectivity index (χ4v) is 3.12. The number of β-amino-alcohol motifs (C(OH)–C–C–N with tert-alkyl or cyclic N) is 1. The molecule has 2 heterocycles. The first-order chi connectivity index (χ1) is 11.2. The topological polar surface area (TPSA) is 74.3 Å². The van der Waals surface area contributed by atoms with Gasteiger partial charge in [0.2, 0.25) is 0 Å². The van der Waals surface area contributed by atoms with Crippen LogP contribution in [0.15, 0.2) is 24.3 Å². The second kappa shape index (κ2) is 7.10. The Morgan fingerprint density at radius 3 is 2.83 bits per heavy atom. The molecule has 23 heavy (non-hydrogen) atoms. The van der Waals surface area contributed by atoms with Crippen molar-refractivity contribution in [3.05, 3.63) is 41.5 Å². The zero-order valence-electron chi connectivity index (χ0n) is 13.7. The van der Waals surface area contributed by atoms with Crippen LogP contribution in [0, 0.1) is 6.92 Å². The number of hydrogen-bond donors (Lipinski definition) is 2. The van der Waals surface area contributed by atoms with Crippen LogP contribution in [0.3, 0.4) is 0 Å². The minimum absolute atomic E-state index is 0.421. The quantitative estimate of drug-likeness (QED) is 0.883. The minimum atomic E-state index is -0.493. The summed E-state index contributed by atoms with van der Waals surface area (Å²) >= 11 is 0. The van der Waals surface area contributed by atoms with Gasteiger partial charge < -0.3 is 14.7 Å². The summed E-state index contributed by atoms with van der Waals surface area (Å²) in [6.45, 7) is 4.49. The molecule has 0 bridgehead atoms. The second-order valence-electron chi connectivity index (χ2n) is 6.15. The third-order valence-corrected chi connectivity index (χ3v) is 4.48. The van der Waals surface area contributed by atoms with E-state index >= 15 is 0 Å². The molecule has 124 valence electrons. The highest BCUT2D eigenvalue weighted by atomic mass is 16.5. The van der Waals surface area contributed by atoms with E-state index in [2.05, 4.69) is 20.1 Å². The lowest BCUT2D eigenvalue weighted by atomic mass is 9.95. The largest absolute Gasteiger partial charge is 0.497 e. The van der Waals surface area contributed by atoms with E-state index < -0.39 is 6.10 Å². The Labute approximate surface area is 136 Å². The van der Waals surface area contributed by atoms with Crippen LogP contribution in [-0.4, -0.2) is 51.9 Å². The van der Waals surface area contributed by atoms with Gasteiger partial charge in [-0.15, -0.1) is 0 Å². The number of H-pyrrole nitrogens is 1. The van der Waals surface area contributed by atoms with Crippen molar-refractivity contribution in [3.63, 3.8) is 0 Å². The highest BCUT2D eigenvalue weighted by molar-refractivity contribution is 5.29. The molecular weight excluding hydrogens is 292 g/mol. The molecule has 1 unspecified atom stereocenters. The first kappa shape index (κ1) is 16.0. The summed E-state index contributed by atoms with van der Waals surface area (Å²) in [5, 5.41) is 17.6. The number of hydrogen-bond acceptors (Lipinski definition) is 5. The van der Waals surface area contributed by atoms with Crippen LogP contribution in [0.25, 0.3) is 0 Å². The minimum Gasteiger partial charge on any atom is -0.497 e. The van der Waals surface area contributed by atoms with Crippen molar-refractivity contribution in [2.45, 2.75) is 31.8 Å². The van der Waals surface area contributed by atoms with Crippen LogP contribution in [0.2, 0.25) is 0 Å². The van der Waals surface area contributed by atoms with E-state index in [0.717, 1.165) is 48.9 Å². The predicted octanol–water partition coefficient (Wildman–Crippen LogP) is 2.03. The molecule has 0 radical (unpaired) electrons. The van der Waals surface area contributed by atoms with Gasteiger partial charge >= 0.3 is 0 Å². The number of nitrogens with zero attached hydrogens (tertiary/aromatic N) is 3.